The fraction of sp³-hybridized carbons (Fsp3) is 0.667. The summed E-state index contributed by atoms with van der Waals surface area (Å²) in [6.07, 6.45) is 0. The first-order valence-corrected chi connectivity index (χ1v) is 4.41. The first kappa shape index (κ1) is 8.56. The second-order valence-corrected chi connectivity index (χ2v) is 4.13. The second-order valence-electron chi connectivity index (χ2n) is 4.13. The first-order chi connectivity index (χ1) is 5.96. The maximum Gasteiger partial charge on any atom is 0.362 e. The quantitative estimate of drug-likeness (QED) is 0.656. The lowest BCUT2D eigenvalue weighted by molar-refractivity contribution is 0.127. The zero-order valence-electron chi connectivity index (χ0n) is 8.34. The van der Waals surface area contributed by atoms with Gasteiger partial charge in [-0.1, -0.05) is 0 Å². The average Bonchev–Trinajstić information content (AvgIpc) is 2.50. The Hall–Kier alpha value is -1.03. The number of aromatic nitrogens is 1. The van der Waals surface area contributed by atoms with E-state index in [9.17, 15) is 4.79 Å². The molecule has 1 aromatic rings. The van der Waals surface area contributed by atoms with Crippen LogP contribution in [0.3, 0.4) is 0 Å². The summed E-state index contributed by atoms with van der Waals surface area (Å²) in [4.78, 5) is 13.5. The number of fused-ring (bicyclic) bond motifs is 1. The van der Waals surface area contributed by atoms with Crippen LogP contribution in [0, 0.1) is 0 Å². The third kappa shape index (κ3) is 0.864. The molecule has 0 aliphatic carbocycles. The van der Waals surface area contributed by atoms with Crippen molar-refractivity contribution >= 4 is 0 Å². The number of H-pyrrole nitrogens is 1. The van der Waals surface area contributed by atoms with Crippen molar-refractivity contribution in [3.63, 3.8) is 0 Å². The molecule has 0 aromatic carbocycles. The van der Waals surface area contributed by atoms with Crippen LogP contribution in [0.2, 0.25) is 0 Å². The van der Waals surface area contributed by atoms with Gasteiger partial charge in [-0.3, -0.25) is 4.90 Å². The Morgan fingerprint density at radius 2 is 2.15 bits per heavy atom. The van der Waals surface area contributed by atoms with Gasteiger partial charge in [-0.05, 0) is 27.8 Å². The van der Waals surface area contributed by atoms with Crippen molar-refractivity contribution in [1.82, 2.24) is 10.1 Å². The van der Waals surface area contributed by atoms with E-state index in [1.807, 2.05) is 14.0 Å². The highest BCUT2D eigenvalue weighted by atomic mass is 16.5. The van der Waals surface area contributed by atoms with E-state index in [1.54, 1.807) is 0 Å². The molecule has 1 aliphatic heterocycles. The monoisotopic (exact) mass is 182 g/mol. The SMILES string of the molecule is CC1c2c([nH]oc2=O)C(C)(C)N1C. The van der Waals surface area contributed by atoms with Gasteiger partial charge in [0.15, 0.2) is 0 Å². The van der Waals surface area contributed by atoms with E-state index in [0.717, 1.165) is 11.3 Å². The van der Waals surface area contributed by atoms with Crippen LogP contribution in [0.25, 0.3) is 0 Å². The molecule has 1 N–H and O–H groups in total. The van der Waals surface area contributed by atoms with Gasteiger partial charge in [0.2, 0.25) is 0 Å². The highest BCUT2D eigenvalue weighted by molar-refractivity contribution is 5.31. The number of nitrogens with one attached hydrogen (secondary N) is 1. The Bertz CT molecular complexity index is 389. The highest BCUT2D eigenvalue weighted by Gasteiger charge is 2.43. The Balaban J connectivity index is 2.69. The van der Waals surface area contributed by atoms with Crippen LogP contribution >= 0.6 is 0 Å². The Morgan fingerprint density at radius 1 is 1.54 bits per heavy atom. The summed E-state index contributed by atoms with van der Waals surface area (Å²) in [5.41, 5.74) is 1.31. The molecule has 1 unspecified atom stereocenters. The molecular formula is C9H14N2O2. The lowest BCUT2D eigenvalue weighted by atomic mass is 10.0. The van der Waals surface area contributed by atoms with Gasteiger partial charge in [0.1, 0.15) is 0 Å². The van der Waals surface area contributed by atoms with Gasteiger partial charge >= 0.3 is 5.63 Å². The van der Waals surface area contributed by atoms with Gasteiger partial charge < -0.3 is 4.52 Å². The smallest absolute Gasteiger partial charge is 0.338 e. The Kier molecular flexibility index (Phi) is 1.49. The molecule has 0 amide bonds. The fourth-order valence-electron chi connectivity index (χ4n) is 2.00. The van der Waals surface area contributed by atoms with Crippen LogP contribution in [-0.4, -0.2) is 17.1 Å². The summed E-state index contributed by atoms with van der Waals surface area (Å²) in [5.74, 6) is 0. The van der Waals surface area contributed by atoms with Crippen molar-refractivity contribution in [3.8, 4) is 0 Å². The van der Waals surface area contributed by atoms with Crippen LogP contribution in [0.5, 0.6) is 0 Å². The summed E-state index contributed by atoms with van der Waals surface area (Å²) < 4.78 is 4.78. The largest absolute Gasteiger partial charge is 0.362 e. The summed E-state index contributed by atoms with van der Waals surface area (Å²) >= 11 is 0. The molecule has 2 rings (SSSR count). The molecule has 1 atom stereocenters. The molecule has 1 aliphatic rings. The predicted molar refractivity (Wildman–Crippen MR) is 48.5 cm³/mol. The zero-order valence-corrected chi connectivity index (χ0v) is 8.34. The number of rotatable bonds is 0. The third-order valence-electron chi connectivity index (χ3n) is 3.23. The molecule has 0 fully saturated rings. The highest BCUT2D eigenvalue weighted by Crippen LogP contribution is 2.41. The van der Waals surface area contributed by atoms with E-state index in [0.29, 0.717) is 0 Å². The van der Waals surface area contributed by atoms with Gasteiger partial charge in [0.25, 0.3) is 0 Å². The molecule has 13 heavy (non-hydrogen) atoms. The van der Waals surface area contributed by atoms with Crippen molar-refractivity contribution in [2.75, 3.05) is 7.05 Å². The Morgan fingerprint density at radius 3 is 2.69 bits per heavy atom. The molecule has 0 radical (unpaired) electrons. The van der Waals surface area contributed by atoms with E-state index in [2.05, 4.69) is 23.9 Å². The van der Waals surface area contributed by atoms with Crippen LogP contribution in [0.15, 0.2) is 9.32 Å². The minimum atomic E-state index is -0.236. The van der Waals surface area contributed by atoms with Crippen molar-refractivity contribution in [1.29, 1.82) is 0 Å². The van der Waals surface area contributed by atoms with Crippen molar-refractivity contribution in [2.24, 2.45) is 0 Å². The van der Waals surface area contributed by atoms with E-state index in [1.165, 1.54) is 0 Å². The summed E-state index contributed by atoms with van der Waals surface area (Å²) in [5, 5.41) is 2.71. The zero-order chi connectivity index (χ0) is 9.80. The lowest BCUT2D eigenvalue weighted by Gasteiger charge is -2.30. The minimum Gasteiger partial charge on any atom is -0.338 e. The molecule has 1 aromatic heterocycles. The topological polar surface area (TPSA) is 49.2 Å². The standard InChI is InChI=1S/C9H14N2O2/c1-5-6-7(10-13-8(6)12)9(2,3)11(5)4/h5,10H,1-4H3. The van der Waals surface area contributed by atoms with E-state index in [4.69, 9.17) is 4.52 Å². The van der Waals surface area contributed by atoms with E-state index in [-0.39, 0.29) is 17.2 Å². The predicted octanol–water partition coefficient (Wildman–Crippen LogP) is 1.21. The lowest BCUT2D eigenvalue weighted by Crippen LogP contribution is -2.34. The van der Waals surface area contributed by atoms with Gasteiger partial charge in [-0.2, -0.15) is 0 Å². The molecule has 72 valence electrons. The summed E-state index contributed by atoms with van der Waals surface area (Å²) in [6, 6.07) is 0.132. The van der Waals surface area contributed by atoms with Crippen molar-refractivity contribution in [2.45, 2.75) is 32.4 Å². The molecule has 0 bridgehead atoms. The van der Waals surface area contributed by atoms with Gasteiger partial charge in [-0.25, -0.2) is 9.95 Å². The normalized spacial score (nSPS) is 26.3. The van der Waals surface area contributed by atoms with Gasteiger partial charge in [-0.15, -0.1) is 0 Å². The molecule has 0 spiro atoms. The van der Waals surface area contributed by atoms with Crippen molar-refractivity contribution < 1.29 is 4.52 Å². The van der Waals surface area contributed by atoms with Crippen LogP contribution in [0.4, 0.5) is 0 Å². The third-order valence-corrected chi connectivity index (χ3v) is 3.23. The number of hydrogen-bond donors (Lipinski definition) is 1. The van der Waals surface area contributed by atoms with Crippen LogP contribution in [-0.2, 0) is 5.54 Å². The first-order valence-electron chi connectivity index (χ1n) is 4.41. The molecule has 4 nitrogen and oxygen atoms in total. The van der Waals surface area contributed by atoms with Gasteiger partial charge in [0, 0.05) is 6.04 Å². The number of hydrogen-bond acceptors (Lipinski definition) is 3. The van der Waals surface area contributed by atoms with E-state index >= 15 is 0 Å². The minimum absolute atomic E-state index is 0.132. The van der Waals surface area contributed by atoms with Crippen LogP contribution < -0.4 is 5.63 Å². The molecule has 4 heteroatoms. The van der Waals surface area contributed by atoms with Crippen LogP contribution in [0.1, 0.15) is 38.1 Å². The molecular weight excluding hydrogens is 168 g/mol. The molecule has 0 saturated heterocycles. The summed E-state index contributed by atoms with van der Waals surface area (Å²) in [7, 11) is 2.01. The molecule has 2 heterocycles. The average molecular weight is 182 g/mol. The fourth-order valence-corrected chi connectivity index (χ4v) is 2.00. The second kappa shape index (κ2) is 2.26. The van der Waals surface area contributed by atoms with E-state index < -0.39 is 0 Å². The maximum atomic E-state index is 11.3. The maximum absolute atomic E-state index is 11.3. The number of nitrogens with zero attached hydrogens (tertiary/aromatic N) is 1. The Labute approximate surface area is 76.5 Å². The van der Waals surface area contributed by atoms with Gasteiger partial charge in [0.05, 0.1) is 16.8 Å². The van der Waals surface area contributed by atoms with Crippen molar-refractivity contribution in [3.05, 3.63) is 21.7 Å². The number of aromatic amines is 1. The summed E-state index contributed by atoms with van der Waals surface area (Å²) in [6.45, 7) is 6.15. The molecule has 0 saturated carbocycles.